The second kappa shape index (κ2) is 11.4. The molecule has 0 aliphatic heterocycles. The van der Waals surface area contributed by atoms with Crippen LogP contribution in [-0.2, 0) is 21.1 Å². The largest absolute Gasteiger partial charge is 0.490 e. The van der Waals surface area contributed by atoms with E-state index in [9.17, 15) is 39.6 Å². The van der Waals surface area contributed by atoms with Crippen molar-refractivity contribution in [3.8, 4) is 16.9 Å². The number of nitrogens with two attached hydrogens (primary N) is 1. The third-order valence-corrected chi connectivity index (χ3v) is 5.65. The van der Waals surface area contributed by atoms with Gasteiger partial charge in [-0.05, 0) is 23.8 Å². The van der Waals surface area contributed by atoms with Gasteiger partial charge in [-0.2, -0.15) is 27.1 Å². The molecule has 0 bridgehead atoms. The van der Waals surface area contributed by atoms with Crippen molar-refractivity contribution >= 4 is 15.8 Å². The number of rotatable bonds is 6. The Morgan fingerprint density at radius 1 is 1.16 bits per heavy atom. The number of carboxylic acids is 1. The molecule has 0 aliphatic carbocycles. The number of halogens is 6. The average molecular weight is 553 g/mol. The minimum absolute atomic E-state index is 0.106. The Kier molecular flexibility index (Phi) is 8.99. The van der Waals surface area contributed by atoms with Gasteiger partial charge in [-0.3, -0.25) is 0 Å². The van der Waals surface area contributed by atoms with Gasteiger partial charge in [0.15, 0.2) is 21.5 Å². The van der Waals surface area contributed by atoms with E-state index in [2.05, 4.69) is 15.2 Å². The van der Waals surface area contributed by atoms with Gasteiger partial charge in [0.1, 0.15) is 5.82 Å². The quantitative estimate of drug-likeness (QED) is 0.393. The number of carboxylic acid groups (broad SMARTS) is 1. The number of nitrogens with one attached hydrogen (secondary N) is 1. The zero-order chi connectivity index (χ0) is 28.1. The zero-order valence-corrected chi connectivity index (χ0v) is 19.4. The van der Waals surface area contributed by atoms with Crippen molar-refractivity contribution in [3.63, 3.8) is 0 Å². The molecule has 2 aromatic heterocycles. The molecule has 0 saturated heterocycles. The van der Waals surface area contributed by atoms with Gasteiger partial charge in [0.2, 0.25) is 0 Å². The van der Waals surface area contributed by atoms with Crippen molar-refractivity contribution < 1.29 is 44.7 Å². The van der Waals surface area contributed by atoms with E-state index in [0.717, 1.165) is 16.9 Å². The fourth-order valence-corrected chi connectivity index (χ4v) is 3.35. The number of aromatic nitrogens is 4. The molecule has 17 heteroatoms. The molecular weight excluding hydrogens is 536 g/mol. The molecule has 3 aromatic rings. The first-order valence-electron chi connectivity index (χ1n) is 9.72. The highest BCUT2D eigenvalue weighted by Gasteiger charge is 2.38. The Morgan fingerprint density at radius 3 is 2.16 bits per heavy atom. The monoisotopic (exact) mass is 553 g/mol. The van der Waals surface area contributed by atoms with Crippen molar-refractivity contribution in [1.29, 1.82) is 0 Å². The Morgan fingerprint density at radius 2 is 1.73 bits per heavy atom. The van der Waals surface area contributed by atoms with Crippen molar-refractivity contribution in [2.24, 2.45) is 5.73 Å². The van der Waals surface area contributed by atoms with Gasteiger partial charge in [-0.15, -0.1) is 0 Å². The number of sulfone groups is 1. The first-order chi connectivity index (χ1) is 17.1. The Bertz CT molecular complexity index is 1480. The Labute approximate surface area is 204 Å². The summed E-state index contributed by atoms with van der Waals surface area (Å²) < 4.78 is 96.1. The third-order valence-electron chi connectivity index (χ3n) is 4.52. The highest BCUT2D eigenvalue weighted by Crippen LogP contribution is 2.24. The summed E-state index contributed by atoms with van der Waals surface area (Å²) in [6.07, 6.45) is -5.21. The minimum Gasteiger partial charge on any atom is -0.475 e. The van der Waals surface area contributed by atoms with Gasteiger partial charge in [0.05, 0.1) is 4.90 Å². The van der Waals surface area contributed by atoms with Crippen LogP contribution in [0.4, 0.5) is 26.3 Å². The summed E-state index contributed by atoms with van der Waals surface area (Å²) in [4.78, 5) is 25.0. The molecule has 3 rings (SSSR count). The summed E-state index contributed by atoms with van der Waals surface area (Å²) in [7, 11) is -3.38. The number of H-pyrrole nitrogens is 1. The number of aliphatic carboxylic acids is 1. The van der Waals surface area contributed by atoms with Gasteiger partial charge < -0.3 is 10.8 Å². The van der Waals surface area contributed by atoms with Gasteiger partial charge in [-0.1, -0.05) is 12.1 Å². The summed E-state index contributed by atoms with van der Waals surface area (Å²) in [5, 5.41) is 12.9. The van der Waals surface area contributed by atoms with E-state index >= 15 is 0 Å². The van der Waals surface area contributed by atoms with E-state index in [-0.39, 0.29) is 10.7 Å². The van der Waals surface area contributed by atoms with Gasteiger partial charge in [-0.25, -0.2) is 37.0 Å². The molecule has 0 amide bonds. The first-order valence-corrected chi connectivity index (χ1v) is 11.6. The molecule has 0 unspecified atom stereocenters. The number of nitrogens with zero attached hydrogens (tertiary/aromatic N) is 3. The van der Waals surface area contributed by atoms with Crippen LogP contribution in [0.2, 0.25) is 0 Å². The first kappa shape index (κ1) is 29.2. The molecule has 0 spiro atoms. The number of alkyl halides is 3. The lowest BCUT2D eigenvalue weighted by Crippen LogP contribution is -2.21. The highest BCUT2D eigenvalue weighted by atomic mass is 32.2. The van der Waals surface area contributed by atoms with Crippen LogP contribution in [0.25, 0.3) is 16.9 Å². The molecule has 0 radical (unpaired) electrons. The normalized spacial score (nSPS) is 11.5. The maximum absolute atomic E-state index is 14.8. The van der Waals surface area contributed by atoms with Crippen molar-refractivity contribution in [2.75, 3.05) is 12.8 Å². The van der Waals surface area contributed by atoms with Crippen LogP contribution < -0.4 is 11.4 Å². The van der Waals surface area contributed by atoms with Crippen LogP contribution in [0.1, 0.15) is 5.82 Å². The maximum atomic E-state index is 14.8. The topological polar surface area (TPSA) is 161 Å². The lowest BCUT2D eigenvalue weighted by atomic mass is 10.1. The van der Waals surface area contributed by atoms with E-state index in [1.165, 1.54) is 30.5 Å². The van der Waals surface area contributed by atoms with E-state index < -0.39 is 63.9 Å². The predicted molar refractivity (Wildman–Crippen MR) is 116 cm³/mol. The van der Waals surface area contributed by atoms with Crippen molar-refractivity contribution in [3.05, 3.63) is 70.3 Å². The number of pyridine rings is 1. The Balaban J connectivity index is 0.000000604. The van der Waals surface area contributed by atoms with E-state index in [0.29, 0.717) is 11.1 Å². The minimum atomic E-state index is -5.08. The number of hydrogen-bond acceptors (Lipinski definition) is 7. The van der Waals surface area contributed by atoms with Crippen LogP contribution in [0.15, 0.2) is 57.9 Å². The maximum Gasteiger partial charge on any atom is 0.490 e. The molecular formula is C20H17F6N5O5S. The molecule has 0 fully saturated rings. The number of benzene rings is 1. The molecule has 1 aromatic carbocycles. The highest BCUT2D eigenvalue weighted by molar-refractivity contribution is 7.90. The van der Waals surface area contributed by atoms with Gasteiger partial charge >= 0.3 is 17.8 Å². The SMILES string of the molecule is CS(=O)(=O)c1ccc(-c2cnc(-n3c(CC(CN)=C(F)F)n[nH]c3=O)c(F)c2)cc1.O=C(O)C(F)(F)F. The zero-order valence-electron chi connectivity index (χ0n) is 18.6. The summed E-state index contributed by atoms with van der Waals surface area (Å²) in [5.41, 5.74) is 4.80. The van der Waals surface area contributed by atoms with Crippen molar-refractivity contribution in [2.45, 2.75) is 17.5 Å². The smallest absolute Gasteiger partial charge is 0.475 e. The molecule has 200 valence electrons. The van der Waals surface area contributed by atoms with Crippen LogP contribution >= 0.6 is 0 Å². The summed E-state index contributed by atoms with van der Waals surface area (Å²) in [6, 6.07) is 6.83. The second-order valence-electron chi connectivity index (χ2n) is 7.15. The molecule has 2 heterocycles. The lowest BCUT2D eigenvalue weighted by molar-refractivity contribution is -0.192. The summed E-state index contributed by atoms with van der Waals surface area (Å²) >= 11 is 0. The van der Waals surface area contributed by atoms with E-state index in [1.807, 2.05) is 0 Å². The van der Waals surface area contributed by atoms with Gasteiger partial charge in [0.25, 0.3) is 6.08 Å². The number of aromatic amines is 1. The van der Waals surface area contributed by atoms with Crippen LogP contribution in [0.3, 0.4) is 0 Å². The molecule has 10 nitrogen and oxygen atoms in total. The fraction of sp³-hybridized carbons (Fsp3) is 0.200. The van der Waals surface area contributed by atoms with Crippen LogP contribution in [0.5, 0.6) is 0 Å². The van der Waals surface area contributed by atoms with Crippen LogP contribution in [-0.4, -0.2) is 58.2 Å². The molecule has 0 saturated carbocycles. The number of hydrogen-bond donors (Lipinski definition) is 3. The van der Waals surface area contributed by atoms with Crippen molar-refractivity contribution in [1.82, 2.24) is 19.7 Å². The van der Waals surface area contributed by atoms with E-state index in [1.54, 1.807) is 0 Å². The summed E-state index contributed by atoms with van der Waals surface area (Å²) in [5.74, 6) is -4.25. The molecule has 0 atom stereocenters. The van der Waals surface area contributed by atoms with E-state index in [4.69, 9.17) is 15.6 Å². The lowest BCUT2D eigenvalue weighted by Gasteiger charge is -2.09. The average Bonchev–Trinajstić information content (AvgIpc) is 3.16. The predicted octanol–water partition coefficient (Wildman–Crippen LogP) is 2.45. The Hall–Kier alpha value is -3.99. The molecule has 0 aliphatic rings. The van der Waals surface area contributed by atoms with Crippen LogP contribution in [0, 0.1) is 5.82 Å². The molecule has 4 N–H and O–H groups in total. The standard InChI is InChI=1S/C18H16F3N5O3S.C2HF3O2/c1-30(28,29)13-4-2-10(3-5-13)12-6-14(19)17(23-9-12)26-15(24-25-18(26)27)7-11(8-22)16(20)21;3-2(4,5)1(6)7/h2-6,9H,7-8,22H2,1H3,(H,25,27);(H,6,7). The number of carbonyl (C=O) groups is 1. The second-order valence-corrected chi connectivity index (χ2v) is 9.17. The fourth-order valence-electron chi connectivity index (χ4n) is 2.72. The third kappa shape index (κ3) is 7.50. The molecule has 37 heavy (non-hydrogen) atoms. The van der Waals surface area contributed by atoms with Gasteiger partial charge in [0, 0.05) is 36.6 Å². The summed E-state index contributed by atoms with van der Waals surface area (Å²) in [6.45, 7) is -0.457.